The van der Waals surface area contributed by atoms with E-state index in [1.165, 1.54) is 0 Å². The molecule has 0 radical (unpaired) electrons. The summed E-state index contributed by atoms with van der Waals surface area (Å²) in [5, 5.41) is 0. The second-order valence-corrected chi connectivity index (χ2v) is 1.97. The van der Waals surface area contributed by atoms with Crippen molar-refractivity contribution < 1.29 is 0 Å². The summed E-state index contributed by atoms with van der Waals surface area (Å²) in [7, 11) is 0. The molecule has 0 heterocycles. The van der Waals surface area contributed by atoms with Gasteiger partial charge in [0.1, 0.15) is 0 Å². The van der Waals surface area contributed by atoms with Gasteiger partial charge in [0.2, 0.25) is 0 Å². The zero-order valence-electron chi connectivity index (χ0n) is 13.4. The van der Waals surface area contributed by atoms with Gasteiger partial charge in [0, 0.05) is 11.9 Å². The normalized spacial score (nSPS) is 6.12. The van der Waals surface area contributed by atoms with E-state index >= 15 is 0 Å². The highest BCUT2D eigenvalue weighted by molar-refractivity contribution is 5.79. The van der Waals surface area contributed by atoms with Crippen LogP contribution in [-0.2, 0) is 0 Å². The summed E-state index contributed by atoms with van der Waals surface area (Å²) in [5.41, 5.74) is 1.10. The lowest BCUT2D eigenvalue weighted by Crippen LogP contribution is -1.74. The molecule has 1 nitrogen and oxygen atoms in total. The highest BCUT2D eigenvalue weighted by atomic mass is 14.7. The van der Waals surface area contributed by atoms with Crippen LogP contribution in [0.15, 0.2) is 29.9 Å². The van der Waals surface area contributed by atoms with Gasteiger partial charge in [-0.2, -0.15) is 0 Å². The van der Waals surface area contributed by atoms with Crippen molar-refractivity contribution >= 4 is 5.71 Å². The van der Waals surface area contributed by atoms with Gasteiger partial charge in [-0.05, 0) is 27.7 Å². The molecule has 0 aliphatic heterocycles. The molecule has 16 heavy (non-hydrogen) atoms. The van der Waals surface area contributed by atoms with Gasteiger partial charge in [0.15, 0.2) is 0 Å². The number of allylic oxidation sites excluding steroid dienone is 2. The molecular weight excluding hydrogens is 194 g/mol. The SMILES string of the molecule is C/C=C\N=C(C)C.C=CC.CC.CC.CC. The zero-order chi connectivity index (χ0) is 14.4. The number of rotatable bonds is 1. The Hall–Kier alpha value is -0.850. The Balaban J connectivity index is -0.0000000379. The Kier molecular flexibility index (Phi) is 119. The number of aliphatic imine (C=N–C) groups is 1. The first-order chi connectivity index (χ1) is 7.68. The fourth-order valence-electron chi connectivity index (χ4n) is 0.224. The average Bonchev–Trinajstić information content (AvgIpc) is 2.35. The van der Waals surface area contributed by atoms with E-state index in [9.17, 15) is 0 Å². The van der Waals surface area contributed by atoms with E-state index in [1.807, 2.05) is 75.3 Å². The van der Waals surface area contributed by atoms with Crippen LogP contribution in [0.4, 0.5) is 0 Å². The molecule has 1 heteroatoms. The van der Waals surface area contributed by atoms with E-state index in [2.05, 4.69) is 11.6 Å². The van der Waals surface area contributed by atoms with Crippen molar-refractivity contribution in [3.8, 4) is 0 Å². The molecule has 0 aliphatic carbocycles. The van der Waals surface area contributed by atoms with Gasteiger partial charge < -0.3 is 0 Å². The maximum absolute atomic E-state index is 3.98. The largest absolute Gasteiger partial charge is 0.267 e. The second kappa shape index (κ2) is 64.7. The van der Waals surface area contributed by atoms with Crippen LogP contribution >= 0.6 is 0 Å². The summed E-state index contributed by atoms with van der Waals surface area (Å²) in [4.78, 5) is 3.98. The minimum absolute atomic E-state index is 1.10. The lowest BCUT2D eigenvalue weighted by Gasteiger charge is -1.78. The molecule has 0 unspecified atom stereocenters. The molecule has 100 valence electrons. The van der Waals surface area contributed by atoms with Crippen LogP contribution in [0.3, 0.4) is 0 Å². The Labute approximate surface area is 105 Å². The number of hydrogen-bond acceptors (Lipinski definition) is 1. The minimum Gasteiger partial charge on any atom is -0.267 e. The Morgan fingerprint density at radius 3 is 1.19 bits per heavy atom. The fraction of sp³-hybridized carbons (Fsp3) is 0.667. The summed E-state index contributed by atoms with van der Waals surface area (Å²) < 4.78 is 0. The molecule has 0 rings (SSSR count). The van der Waals surface area contributed by atoms with Gasteiger partial charge in [-0.1, -0.05) is 53.7 Å². The van der Waals surface area contributed by atoms with E-state index < -0.39 is 0 Å². The van der Waals surface area contributed by atoms with Gasteiger partial charge in [-0.3, -0.25) is 4.99 Å². The Morgan fingerprint density at radius 2 is 1.12 bits per heavy atom. The first-order valence-corrected chi connectivity index (χ1v) is 6.38. The molecule has 0 bridgehead atoms. The third-order valence-electron chi connectivity index (χ3n) is 0.482. The van der Waals surface area contributed by atoms with Crippen molar-refractivity contribution in [2.75, 3.05) is 0 Å². The third kappa shape index (κ3) is 196. The first kappa shape index (κ1) is 29.4. The van der Waals surface area contributed by atoms with Crippen LogP contribution in [0.5, 0.6) is 0 Å². The van der Waals surface area contributed by atoms with Crippen molar-refractivity contribution in [3.63, 3.8) is 0 Å². The molecule has 0 N–H and O–H groups in total. The molecule has 0 aliphatic rings. The van der Waals surface area contributed by atoms with Gasteiger partial charge in [0.25, 0.3) is 0 Å². The highest BCUT2D eigenvalue weighted by Gasteiger charge is 1.66. The fourth-order valence-corrected chi connectivity index (χ4v) is 0.224. The predicted octanol–water partition coefficient (Wildman–Crippen LogP) is 6.27. The van der Waals surface area contributed by atoms with Crippen molar-refractivity contribution in [3.05, 3.63) is 24.9 Å². The predicted molar refractivity (Wildman–Crippen MR) is 83.5 cm³/mol. The number of hydrogen-bond donors (Lipinski definition) is 0. The lowest BCUT2D eigenvalue weighted by atomic mass is 10.5. The summed E-state index contributed by atoms with van der Waals surface area (Å²) in [6.45, 7) is 23.1. The van der Waals surface area contributed by atoms with Gasteiger partial charge in [-0.25, -0.2) is 0 Å². The smallest absolute Gasteiger partial charge is 0.0224 e. The maximum Gasteiger partial charge on any atom is 0.0224 e. The Bertz CT molecular complexity index is 117. The van der Waals surface area contributed by atoms with Crippen molar-refractivity contribution in [2.24, 2.45) is 4.99 Å². The Morgan fingerprint density at radius 1 is 0.875 bits per heavy atom. The third-order valence-corrected chi connectivity index (χ3v) is 0.482. The molecule has 0 aromatic heterocycles. The van der Waals surface area contributed by atoms with Gasteiger partial charge in [0.05, 0.1) is 0 Å². The van der Waals surface area contributed by atoms with Crippen LogP contribution in [0.1, 0.15) is 69.2 Å². The van der Waals surface area contributed by atoms with Crippen LogP contribution < -0.4 is 0 Å². The summed E-state index contributed by atoms with van der Waals surface area (Å²) >= 11 is 0. The van der Waals surface area contributed by atoms with Crippen LogP contribution in [0, 0.1) is 0 Å². The summed E-state index contributed by atoms with van der Waals surface area (Å²) in [6, 6.07) is 0. The van der Waals surface area contributed by atoms with E-state index in [0.717, 1.165) is 5.71 Å². The molecular formula is C15H35N. The van der Waals surface area contributed by atoms with E-state index in [1.54, 1.807) is 12.3 Å². The van der Waals surface area contributed by atoms with Gasteiger partial charge >= 0.3 is 0 Å². The summed E-state index contributed by atoms with van der Waals surface area (Å²) in [6.07, 6.45) is 5.45. The van der Waals surface area contributed by atoms with Crippen LogP contribution in [-0.4, -0.2) is 5.71 Å². The zero-order valence-corrected chi connectivity index (χ0v) is 13.4. The first-order valence-electron chi connectivity index (χ1n) is 6.38. The molecule has 0 aromatic carbocycles. The minimum atomic E-state index is 1.10. The van der Waals surface area contributed by atoms with Crippen molar-refractivity contribution in [1.29, 1.82) is 0 Å². The maximum atomic E-state index is 3.98. The lowest BCUT2D eigenvalue weighted by molar-refractivity contribution is 1.48. The molecule has 0 saturated carbocycles. The molecule has 0 fully saturated rings. The average molecular weight is 229 g/mol. The van der Waals surface area contributed by atoms with Crippen molar-refractivity contribution in [2.45, 2.75) is 69.2 Å². The topological polar surface area (TPSA) is 12.4 Å². The summed E-state index contributed by atoms with van der Waals surface area (Å²) in [5.74, 6) is 0. The van der Waals surface area contributed by atoms with Crippen LogP contribution in [0.25, 0.3) is 0 Å². The monoisotopic (exact) mass is 229 g/mol. The van der Waals surface area contributed by atoms with E-state index in [4.69, 9.17) is 0 Å². The highest BCUT2D eigenvalue weighted by Crippen LogP contribution is 1.75. The molecule has 0 amide bonds. The van der Waals surface area contributed by atoms with Gasteiger partial charge in [-0.15, -0.1) is 6.58 Å². The second-order valence-electron chi connectivity index (χ2n) is 1.97. The number of nitrogens with zero attached hydrogens (tertiary/aromatic N) is 1. The molecule has 0 aromatic rings. The van der Waals surface area contributed by atoms with Crippen molar-refractivity contribution in [1.82, 2.24) is 0 Å². The standard InChI is InChI=1S/C6H11N.C3H6.3C2H6/c1-4-5-7-6(2)3;1-3-2;3*1-2/h4-5H,1-3H3;3H,1H2,2H3;3*1-2H3/b5-4-;;;;. The van der Waals surface area contributed by atoms with E-state index in [-0.39, 0.29) is 0 Å². The molecule has 0 atom stereocenters. The van der Waals surface area contributed by atoms with E-state index in [0.29, 0.717) is 0 Å². The van der Waals surface area contributed by atoms with Crippen LogP contribution in [0.2, 0.25) is 0 Å². The quantitative estimate of drug-likeness (QED) is 0.371. The molecule has 0 spiro atoms. The molecule has 0 saturated heterocycles.